The molecular weight excluding hydrogens is 372 g/mol. The lowest BCUT2D eigenvalue weighted by Gasteiger charge is -2.19. The van der Waals surface area contributed by atoms with Crippen LogP contribution in [0.25, 0.3) is 0 Å². The molecule has 0 saturated carbocycles. The maximum atomic E-state index is 13.0. The van der Waals surface area contributed by atoms with Gasteiger partial charge in [-0.15, -0.1) is 0 Å². The zero-order chi connectivity index (χ0) is 20.5. The van der Waals surface area contributed by atoms with Crippen molar-refractivity contribution < 1.29 is 13.2 Å². The molecule has 5 nitrogen and oxygen atoms in total. The number of amides is 1. The van der Waals surface area contributed by atoms with Gasteiger partial charge in [0.05, 0.1) is 4.90 Å². The van der Waals surface area contributed by atoms with Crippen molar-refractivity contribution >= 4 is 21.6 Å². The van der Waals surface area contributed by atoms with E-state index in [0.717, 1.165) is 35.2 Å². The molecule has 0 aromatic heterocycles. The second-order valence-electron chi connectivity index (χ2n) is 7.74. The van der Waals surface area contributed by atoms with Gasteiger partial charge in [0.15, 0.2) is 0 Å². The number of aryl methyl sites for hydroxylation is 2. The molecule has 1 N–H and O–H groups in total. The predicted octanol–water partition coefficient (Wildman–Crippen LogP) is 4.46. The van der Waals surface area contributed by atoms with Crippen molar-refractivity contribution in [2.45, 2.75) is 51.3 Å². The molecule has 2 aromatic carbocycles. The number of sulfonamides is 1. The Bertz CT molecular complexity index is 991. The van der Waals surface area contributed by atoms with Crippen LogP contribution in [0, 0.1) is 13.8 Å². The van der Waals surface area contributed by atoms with Gasteiger partial charge in [0.1, 0.15) is 0 Å². The summed E-state index contributed by atoms with van der Waals surface area (Å²) < 4.78 is 27.2. The van der Waals surface area contributed by atoms with Crippen molar-refractivity contribution in [3.63, 3.8) is 0 Å². The largest absolute Gasteiger partial charge is 0.321 e. The van der Waals surface area contributed by atoms with Crippen molar-refractivity contribution in [1.29, 1.82) is 0 Å². The summed E-state index contributed by atoms with van der Waals surface area (Å²) in [4.78, 5) is 13.2. The van der Waals surface area contributed by atoms with E-state index >= 15 is 0 Å². The SMILES string of the molecule is Cc1ccc(S(=O)(=O)N2CCCC2)cc1C(=O)Nc1c(C)cccc1C(C)C. The van der Waals surface area contributed by atoms with E-state index in [4.69, 9.17) is 0 Å². The van der Waals surface area contributed by atoms with Crippen molar-refractivity contribution in [3.05, 3.63) is 58.7 Å². The van der Waals surface area contributed by atoms with Crippen molar-refractivity contribution in [2.24, 2.45) is 0 Å². The Hall–Kier alpha value is -2.18. The van der Waals surface area contributed by atoms with Crippen LogP contribution in [-0.2, 0) is 10.0 Å². The van der Waals surface area contributed by atoms with Crippen LogP contribution in [0.4, 0.5) is 5.69 Å². The third-order valence-electron chi connectivity index (χ3n) is 5.32. The Morgan fingerprint density at radius 3 is 2.36 bits per heavy atom. The summed E-state index contributed by atoms with van der Waals surface area (Å²) in [7, 11) is -3.56. The highest BCUT2D eigenvalue weighted by Crippen LogP contribution is 2.29. The van der Waals surface area contributed by atoms with E-state index < -0.39 is 10.0 Å². The number of anilines is 1. The highest BCUT2D eigenvalue weighted by molar-refractivity contribution is 7.89. The second-order valence-corrected chi connectivity index (χ2v) is 9.67. The Balaban J connectivity index is 1.95. The normalized spacial score (nSPS) is 15.2. The Morgan fingerprint density at radius 1 is 1.04 bits per heavy atom. The third kappa shape index (κ3) is 3.98. The van der Waals surface area contributed by atoms with Gasteiger partial charge < -0.3 is 5.32 Å². The molecule has 0 bridgehead atoms. The van der Waals surface area contributed by atoms with E-state index in [1.54, 1.807) is 12.1 Å². The van der Waals surface area contributed by atoms with Crippen LogP contribution < -0.4 is 5.32 Å². The summed E-state index contributed by atoms with van der Waals surface area (Å²) in [5.74, 6) is -0.0228. The van der Waals surface area contributed by atoms with Crippen LogP contribution in [0.3, 0.4) is 0 Å². The summed E-state index contributed by atoms with van der Waals surface area (Å²) in [5, 5.41) is 3.02. The molecule has 1 aliphatic rings. The minimum absolute atomic E-state index is 0.180. The molecule has 1 fully saturated rings. The zero-order valence-corrected chi connectivity index (χ0v) is 17.8. The van der Waals surface area contributed by atoms with Crippen molar-refractivity contribution in [3.8, 4) is 0 Å². The highest BCUT2D eigenvalue weighted by atomic mass is 32.2. The van der Waals surface area contributed by atoms with Gasteiger partial charge in [-0.2, -0.15) is 4.31 Å². The summed E-state index contributed by atoms with van der Waals surface area (Å²) in [6.45, 7) is 9.03. The second kappa shape index (κ2) is 8.05. The number of rotatable bonds is 5. The molecular formula is C22H28N2O3S. The average Bonchev–Trinajstić information content (AvgIpc) is 3.18. The first-order valence-electron chi connectivity index (χ1n) is 9.73. The van der Waals surface area contributed by atoms with Gasteiger partial charge in [-0.25, -0.2) is 8.42 Å². The molecule has 0 atom stereocenters. The Morgan fingerprint density at radius 2 is 1.71 bits per heavy atom. The number of nitrogens with one attached hydrogen (secondary N) is 1. The highest BCUT2D eigenvalue weighted by Gasteiger charge is 2.28. The van der Waals surface area contributed by atoms with Crippen LogP contribution in [0.2, 0.25) is 0 Å². The first-order valence-corrected chi connectivity index (χ1v) is 11.2. The van der Waals surface area contributed by atoms with Gasteiger partial charge in [0, 0.05) is 24.3 Å². The molecule has 0 radical (unpaired) electrons. The smallest absolute Gasteiger partial charge is 0.255 e. The minimum Gasteiger partial charge on any atom is -0.321 e. The lowest BCUT2D eigenvalue weighted by Crippen LogP contribution is -2.28. The van der Waals surface area contributed by atoms with Gasteiger partial charge in [0.25, 0.3) is 5.91 Å². The van der Waals surface area contributed by atoms with E-state index in [2.05, 4.69) is 19.2 Å². The number of para-hydroxylation sites is 1. The topological polar surface area (TPSA) is 66.5 Å². The molecule has 1 amide bonds. The molecule has 0 spiro atoms. The van der Waals surface area contributed by atoms with Crippen LogP contribution in [-0.4, -0.2) is 31.7 Å². The van der Waals surface area contributed by atoms with E-state index in [0.29, 0.717) is 18.7 Å². The van der Waals surface area contributed by atoms with Crippen LogP contribution in [0.15, 0.2) is 41.3 Å². The number of nitrogens with zero attached hydrogens (tertiary/aromatic N) is 1. The van der Waals surface area contributed by atoms with E-state index in [-0.39, 0.29) is 16.7 Å². The fourth-order valence-electron chi connectivity index (χ4n) is 3.61. The molecule has 1 aliphatic heterocycles. The lowest BCUT2D eigenvalue weighted by atomic mass is 9.97. The maximum Gasteiger partial charge on any atom is 0.255 e. The van der Waals surface area contributed by atoms with E-state index in [1.807, 2.05) is 32.0 Å². The van der Waals surface area contributed by atoms with E-state index in [9.17, 15) is 13.2 Å². The molecule has 150 valence electrons. The first-order chi connectivity index (χ1) is 13.2. The van der Waals surface area contributed by atoms with Crippen LogP contribution in [0.5, 0.6) is 0 Å². The summed E-state index contributed by atoms with van der Waals surface area (Å²) >= 11 is 0. The average molecular weight is 401 g/mol. The van der Waals surface area contributed by atoms with Crippen molar-refractivity contribution in [2.75, 3.05) is 18.4 Å². The van der Waals surface area contributed by atoms with Gasteiger partial charge in [-0.05, 0) is 61.4 Å². The molecule has 3 rings (SSSR count). The minimum atomic E-state index is -3.56. The molecule has 1 saturated heterocycles. The molecule has 0 aliphatic carbocycles. The molecule has 2 aromatic rings. The fraction of sp³-hybridized carbons (Fsp3) is 0.409. The van der Waals surface area contributed by atoms with Crippen LogP contribution >= 0.6 is 0 Å². The monoisotopic (exact) mass is 400 g/mol. The number of carbonyl (C=O) groups excluding carboxylic acids is 1. The van der Waals surface area contributed by atoms with Crippen LogP contribution in [0.1, 0.15) is 59.7 Å². The zero-order valence-electron chi connectivity index (χ0n) is 17.0. The Labute approximate surface area is 167 Å². The summed E-state index contributed by atoms with van der Waals surface area (Å²) in [5.41, 5.74) is 3.98. The Kier molecular flexibility index (Phi) is 5.91. The molecule has 28 heavy (non-hydrogen) atoms. The third-order valence-corrected chi connectivity index (χ3v) is 7.22. The fourth-order valence-corrected chi connectivity index (χ4v) is 5.15. The van der Waals surface area contributed by atoms with E-state index in [1.165, 1.54) is 10.4 Å². The lowest BCUT2D eigenvalue weighted by molar-refractivity contribution is 0.102. The number of hydrogen-bond donors (Lipinski definition) is 1. The number of benzene rings is 2. The standard InChI is InChI=1S/C22H28N2O3S/c1-15(2)19-9-7-8-17(4)21(19)23-22(25)20-14-18(11-10-16(20)3)28(26,27)24-12-5-6-13-24/h7-11,14-15H,5-6,12-13H2,1-4H3,(H,23,25). The quantitative estimate of drug-likeness (QED) is 0.806. The maximum absolute atomic E-state index is 13.0. The first kappa shape index (κ1) is 20.6. The summed E-state index contributed by atoms with van der Waals surface area (Å²) in [6.07, 6.45) is 1.76. The van der Waals surface area contributed by atoms with Crippen molar-refractivity contribution in [1.82, 2.24) is 4.31 Å². The van der Waals surface area contributed by atoms with Gasteiger partial charge in [-0.3, -0.25) is 4.79 Å². The number of hydrogen-bond acceptors (Lipinski definition) is 3. The van der Waals surface area contributed by atoms with Gasteiger partial charge in [-0.1, -0.05) is 38.1 Å². The predicted molar refractivity (Wildman–Crippen MR) is 112 cm³/mol. The molecule has 1 heterocycles. The molecule has 0 unspecified atom stereocenters. The number of carbonyl (C=O) groups is 1. The van der Waals surface area contributed by atoms with Gasteiger partial charge >= 0.3 is 0 Å². The summed E-state index contributed by atoms with van der Waals surface area (Å²) in [6, 6.07) is 10.8. The molecule has 6 heteroatoms. The van der Waals surface area contributed by atoms with Gasteiger partial charge in [0.2, 0.25) is 10.0 Å².